The number of nitrogens with one attached hydrogen (secondary N) is 1. The van der Waals surface area contributed by atoms with Crippen LogP contribution < -0.4 is 14.8 Å². The van der Waals surface area contributed by atoms with Gasteiger partial charge in [0.15, 0.2) is 0 Å². The van der Waals surface area contributed by atoms with E-state index in [1.165, 1.54) is 11.0 Å². The SMILES string of the molecule is N#CC1(c2ccc(OC(F)(F)F)cc2Cl)CCN(C(=O)[C@H]2CCCN2CCCOc2cccc3c2CN(C2CCC(=O)NC2=O)C3=O)CC1. The number of nitrogens with zero attached hydrogens (tertiary/aromatic N) is 4. The number of piperidine rings is 2. The van der Waals surface area contributed by atoms with Gasteiger partial charge in [0.1, 0.15) is 17.5 Å². The van der Waals surface area contributed by atoms with Gasteiger partial charge in [0.2, 0.25) is 17.7 Å². The molecule has 2 aromatic rings. The van der Waals surface area contributed by atoms with Gasteiger partial charge in [-0.2, -0.15) is 5.26 Å². The summed E-state index contributed by atoms with van der Waals surface area (Å²) in [5, 5.41) is 12.4. The Morgan fingerprint density at radius 3 is 2.57 bits per heavy atom. The predicted octanol–water partition coefficient (Wildman–Crippen LogP) is 4.32. The molecule has 6 rings (SSSR count). The molecule has 0 saturated carbocycles. The number of alkyl halides is 3. The molecule has 0 spiro atoms. The molecule has 3 fully saturated rings. The Hall–Kier alpha value is -4.35. The maximum absolute atomic E-state index is 13.6. The molecule has 4 aliphatic rings. The molecule has 11 nitrogen and oxygen atoms in total. The number of carbonyl (C=O) groups excluding carboxylic acids is 4. The van der Waals surface area contributed by atoms with Crippen LogP contribution in [0.5, 0.6) is 11.5 Å². The molecule has 2 atom stereocenters. The van der Waals surface area contributed by atoms with E-state index in [0.717, 1.165) is 25.1 Å². The highest BCUT2D eigenvalue weighted by Gasteiger charge is 2.43. The van der Waals surface area contributed by atoms with Gasteiger partial charge >= 0.3 is 6.36 Å². The average molecular weight is 702 g/mol. The Morgan fingerprint density at radius 1 is 1.10 bits per heavy atom. The first-order chi connectivity index (χ1) is 23.4. The topological polar surface area (TPSA) is 132 Å². The van der Waals surface area contributed by atoms with E-state index in [-0.39, 0.29) is 48.2 Å². The van der Waals surface area contributed by atoms with Crippen LogP contribution in [0.4, 0.5) is 13.2 Å². The second-order valence-electron chi connectivity index (χ2n) is 12.8. The molecule has 0 aromatic heterocycles. The van der Waals surface area contributed by atoms with Crippen molar-refractivity contribution in [2.24, 2.45) is 0 Å². The van der Waals surface area contributed by atoms with Gasteiger partial charge in [-0.25, -0.2) is 0 Å². The van der Waals surface area contributed by atoms with E-state index in [2.05, 4.69) is 21.0 Å². The number of imide groups is 1. The summed E-state index contributed by atoms with van der Waals surface area (Å²) >= 11 is 6.33. The summed E-state index contributed by atoms with van der Waals surface area (Å²) < 4.78 is 48.0. The minimum atomic E-state index is -4.86. The van der Waals surface area contributed by atoms with Crippen LogP contribution in [0.25, 0.3) is 0 Å². The second kappa shape index (κ2) is 13.9. The smallest absolute Gasteiger partial charge is 0.493 e. The van der Waals surface area contributed by atoms with Crippen LogP contribution in [0.3, 0.4) is 0 Å². The molecular weight excluding hydrogens is 667 g/mol. The lowest BCUT2D eigenvalue weighted by Gasteiger charge is -2.40. The molecule has 1 N–H and O–H groups in total. The molecule has 0 bridgehead atoms. The second-order valence-corrected chi connectivity index (χ2v) is 13.2. The van der Waals surface area contributed by atoms with Gasteiger partial charge in [-0.3, -0.25) is 29.4 Å². The van der Waals surface area contributed by atoms with Crippen LogP contribution in [0, 0.1) is 11.3 Å². The van der Waals surface area contributed by atoms with Gasteiger partial charge in [-0.05, 0) is 74.9 Å². The molecule has 260 valence electrons. The third-order valence-corrected chi connectivity index (χ3v) is 10.2. The van der Waals surface area contributed by atoms with Crippen molar-refractivity contribution in [1.29, 1.82) is 5.26 Å². The lowest BCUT2D eigenvalue weighted by atomic mass is 9.74. The molecule has 2 aromatic carbocycles. The fourth-order valence-electron chi connectivity index (χ4n) is 7.36. The largest absolute Gasteiger partial charge is 0.573 e. The minimum Gasteiger partial charge on any atom is -0.493 e. The first-order valence-electron chi connectivity index (χ1n) is 16.3. The van der Waals surface area contributed by atoms with E-state index >= 15 is 0 Å². The minimum absolute atomic E-state index is 0.00552. The van der Waals surface area contributed by atoms with E-state index in [1.54, 1.807) is 23.1 Å². The Kier molecular flexibility index (Phi) is 9.77. The maximum Gasteiger partial charge on any atom is 0.573 e. The number of nitriles is 1. The predicted molar refractivity (Wildman–Crippen MR) is 168 cm³/mol. The van der Waals surface area contributed by atoms with Crippen molar-refractivity contribution in [3.63, 3.8) is 0 Å². The van der Waals surface area contributed by atoms with Gasteiger partial charge in [0.05, 0.1) is 30.7 Å². The van der Waals surface area contributed by atoms with Crippen LogP contribution in [0.2, 0.25) is 5.02 Å². The molecule has 4 heterocycles. The number of amides is 4. The van der Waals surface area contributed by atoms with Crippen molar-refractivity contribution in [3.8, 4) is 17.6 Å². The molecule has 3 saturated heterocycles. The fraction of sp³-hybridized carbons (Fsp3) is 0.500. The van der Waals surface area contributed by atoms with Gasteiger partial charge in [0.25, 0.3) is 5.91 Å². The molecule has 4 amide bonds. The van der Waals surface area contributed by atoms with Crippen molar-refractivity contribution in [2.45, 2.75) is 75.4 Å². The molecule has 4 aliphatic heterocycles. The lowest BCUT2D eigenvalue weighted by Crippen LogP contribution is -2.52. The molecule has 1 unspecified atom stereocenters. The quantitative estimate of drug-likeness (QED) is 0.302. The number of carbonyl (C=O) groups is 4. The summed E-state index contributed by atoms with van der Waals surface area (Å²) in [6.07, 6.45) is -1.64. The number of ether oxygens (including phenoxy) is 2. The number of benzene rings is 2. The summed E-state index contributed by atoms with van der Waals surface area (Å²) in [6.45, 7) is 2.55. The van der Waals surface area contributed by atoms with Crippen molar-refractivity contribution in [2.75, 3.05) is 32.8 Å². The molecular formula is C34H35ClF3N5O6. The molecule has 49 heavy (non-hydrogen) atoms. The standard InChI is InChI=1S/C34H35ClF3N5O6/c35-25-18-21(49-34(36,37)38)7-8-24(25)33(20-39)11-15-42(16-12-33)32(47)27-5-2-13-41(27)14-3-17-48-28-6-1-4-22-23(28)19-43(31(22)46)26-9-10-29(44)40-30(26)45/h1,4,6-8,18,26-27H,2-3,5,9-17,19H2,(H,40,44,45)/t26?,27-/m1/s1. The first kappa shape index (κ1) is 34.5. The Morgan fingerprint density at radius 2 is 1.88 bits per heavy atom. The zero-order valence-electron chi connectivity index (χ0n) is 26.6. The van der Waals surface area contributed by atoms with Crippen molar-refractivity contribution in [1.82, 2.24) is 20.0 Å². The highest BCUT2D eigenvalue weighted by Crippen LogP contribution is 2.41. The molecule has 0 radical (unpaired) electrons. The first-order valence-corrected chi connectivity index (χ1v) is 16.7. The van der Waals surface area contributed by atoms with E-state index < -0.39 is 29.5 Å². The van der Waals surface area contributed by atoms with Crippen LogP contribution in [-0.4, -0.2) is 89.6 Å². The van der Waals surface area contributed by atoms with E-state index in [4.69, 9.17) is 16.3 Å². The zero-order chi connectivity index (χ0) is 34.9. The fourth-order valence-corrected chi connectivity index (χ4v) is 7.71. The monoisotopic (exact) mass is 701 g/mol. The zero-order valence-corrected chi connectivity index (χ0v) is 27.3. The lowest BCUT2D eigenvalue weighted by molar-refractivity contribution is -0.274. The normalized spacial score (nSPS) is 22.5. The Labute approximate surface area is 285 Å². The summed E-state index contributed by atoms with van der Waals surface area (Å²) in [4.78, 5) is 56.1. The summed E-state index contributed by atoms with van der Waals surface area (Å²) in [5.41, 5.74) is 0.553. The number of halogens is 4. The van der Waals surface area contributed by atoms with Crippen LogP contribution >= 0.6 is 11.6 Å². The summed E-state index contributed by atoms with van der Waals surface area (Å²) in [7, 11) is 0. The van der Waals surface area contributed by atoms with Crippen molar-refractivity contribution >= 4 is 35.2 Å². The van der Waals surface area contributed by atoms with Crippen LogP contribution in [0.1, 0.15) is 66.4 Å². The van der Waals surface area contributed by atoms with E-state index in [0.29, 0.717) is 74.4 Å². The van der Waals surface area contributed by atoms with Gasteiger partial charge in [0, 0.05) is 42.2 Å². The van der Waals surface area contributed by atoms with Crippen molar-refractivity contribution < 1.29 is 41.8 Å². The molecule has 15 heteroatoms. The number of fused-ring (bicyclic) bond motifs is 1. The van der Waals surface area contributed by atoms with Gasteiger partial charge in [-0.15, -0.1) is 13.2 Å². The highest BCUT2D eigenvalue weighted by molar-refractivity contribution is 6.31. The van der Waals surface area contributed by atoms with E-state index in [9.17, 15) is 37.6 Å². The molecule has 0 aliphatic carbocycles. The maximum atomic E-state index is 13.6. The number of likely N-dealkylation sites (tertiary alicyclic amines) is 2. The summed E-state index contributed by atoms with van der Waals surface area (Å²) in [6, 6.07) is 10.1. The average Bonchev–Trinajstić information content (AvgIpc) is 3.67. The Balaban J connectivity index is 1.01. The van der Waals surface area contributed by atoms with Crippen LogP contribution in [-0.2, 0) is 26.3 Å². The van der Waals surface area contributed by atoms with Crippen LogP contribution in [0.15, 0.2) is 36.4 Å². The van der Waals surface area contributed by atoms with Crippen molar-refractivity contribution in [3.05, 3.63) is 58.1 Å². The third kappa shape index (κ3) is 7.19. The highest BCUT2D eigenvalue weighted by atomic mass is 35.5. The number of hydrogen-bond donors (Lipinski definition) is 1. The third-order valence-electron chi connectivity index (χ3n) is 9.87. The van der Waals surface area contributed by atoms with Gasteiger partial charge in [-0.1, -0.05) is 23.7 Å². The Bertz CT molecular complexity index is 1690. The number of hydrogen-bond acceptors (Lipinski definition) is 8. The van der Waals surface area contributed by atoms with Gasteiger partial charge < -0.3 is 19.3 Å². The van der Waals surface area contributed by atoms with E-state index in [1.807, 2.05) is 0 Å². The number of rotatable bonds is 9. The summed E-state index contributed by atoms with van der Waals surface area (Å²) in [5.74, 6) is -1.00.